The highest BCUT2D eigenvalue weighted by Crippen LogP contribution is 2.23. The molecule has 0 saturated carbocycles. The lowest BCUT2D eigenvalue weighted by atomic mass is 10.2. The lowest BCUT2D eigenvalue weighted by Gasteiger charge is -2.22. The van der Waals surface area contributed by atoms with Gasteiger partial charge in [0.15, 0.2) is 14.6 Å². The number of nitriles is 1. The summed E-state index contributed by atoms with van der Waals surface area (Å²) in [7, 11) is -3.96. The number of rotatable bonds is 4. The Labute approximate surface area is 83.3 Å². The Morgan fingerprint density at radius 2 is 2.00 bits per heavy atom. The number of sulfone groups is 1. The standard InChI is InChI=1S/C8H13NO4S/c1-4-6(5-9)14(12,13)8(2,3)7(10)11/h6H,4H2,1-3H3,(H,10,11). The molecular formula is C8H13NO4S. The van der Waals surface area contributed by atoms with Crippen LogP contribution in [0, 0.1) is 11.3 Å². The molecule has 0 spiro atoms. The molecule has 0 rings (SSSR count). The predicted molar refractivity (Wildman–Crippen MR) is 50.3 cm³/mol. The molecule has 0 amide bonds. The molecule has 0 aromatic rings. The van der Waals surface area contributed by atoms with Gasteiger partial charge in [0.1, 0.15) is 5.25 Å². The number of carbonyl (C=O) groups is 1. The van der Waals surface area contributed by atoms with Gasteiger partial charge in [-0.1, -0.05) is 6.92 Å². The Kier molecular flexibility index (Phi) is 3.66. The third kappa shape index (κ3) is 1.87. The van der Waals surface area contributed by atoms with E-state index >= 15 is 0 Å². The van der Waals surface area contributed by atoms with Gasteiger partial charge in [0, 0.05) is 0 Å². The highest BCUT2D eigenvalue weighted by Gasteiger charge is 2.46. The van der Waals surface area contributed by atoms with Crippen molar-refractivity contribution < 1.29 is 18.3 Å². The molecule has 0 bridgehead atoms. The van der Waals surface area contributed by atoms with Gasteiger partial charge in [-0.05, 0) is 20.3 Å². The van der Waals surface area contributed by atoms with Crippen LogP contribution in [0.5, 0.6) is 0 Å². The van der Waals surface area contributed by atoms with Crippen LogP contribution in [-0.2, 0) is 14.6 Å². The van der Waals surface area contributed by atoms with Gasteiger partial charge in [-0.3, -0.25) is 4.79 Å². The second-order valence-electron chi connectivity index (χ2n) is 3.39. The Morgan fingerprint density at radius 3 is 2.21 bits per heavy atom. The first-order valence-electron chi connectivity index (χ1n) is 4.08. The van der Waals surface area contributed by atoms with Crippen molar-refractivity contribution in [3.63, 3.8) is 0 Å². The van der Waals surface area contributed by atoms with Crippen molar-refractivity contribution in [2.45, 2.75) is 37.2 Å². The average molecular weight is 219 g/mol. The molecule has 14 heavy (non-hydrogen) atoms. The molecule has 0 aliphatic rings. The summed E-state index contributed by atoms with van der Waals surface area (Å²) in [6, 6.07) is 1.60. The first kappa shape index (κ1) is 12.9. The zero-order valence-electron chi connectivity index (χ0n) is 8.31. The van der Waals surface area contributed by atoms with Gasteiger partial charge >= 0.3 is 5.97 Å². The van der Waals surface area contributed by atoms with E-state index in [4.69, 9.17) is 10.4 Å². The molecule has 1 atom stereocenters. The molecule has 6 heteroatoms. The van der Waals surface area contributed by atoms with Crippen LogP contribution in [0.25, 0.3) is 0 Å². The molecule has 1 unspecified atom stereocenters. The number of hydrogen-bond acceptors (Lipinski definition) is 4. The quantitative estimate of drug-likeness (QED) is 0.745. The van der Waals surface area contributed by atoms with Gasteiger partial charge in [-0.2, -0.15) is 5.26 Å². The predicted octanol–water partition coefficient (Wildman–Crippen LogP) is 0.567. The van der Waals surface area contributed by atoms with Gasteiger partial charge in [0.2, 0.25) is 0 Å². The normalized spacial score (nSPS) is 14.4. The van der Waals surface area contributed by atoms with Crippen molar-refractivity contribution in [3.05, 3.63) is 0 Å². The second kappa shape index (κ2) is 3.96. The molecule has 0 aromatic carbocycles. The zero-order chi connectivity index (χ0) is 11.6. The van der Waals surface area contributed by atoms with E-state index in [0.29, 0.717) is 0 Å². The Hall–Kier alpha value is -1.09. The van der Waals surface area contributed by atoms with Gasteiger partial charge in [-0.25, -0.2) is 8.42 Å². The van der Waals surface area contributed by atoms with Crippen LogP contribution >= 0.6 is 0 Å². The minimum atomic E-state index is -3.96. The van der Waals surface area contributed by atoms with Crippen molar-refractivity contribution in [3.8, 4) is 6.07 Å². The van der Waals surface area contributed by atoms with E-state index in [1.54, 1.807) is 6.07 Å². The Morgan fingerprint density at radius 1 is 1.57 bits per heavy atom. The maximum Gasteiger partial charge on any atom is 0.324 e. The van der Waals surface area contributed by atoms with Crippen LogP contribution in [0.15, 0.2) is 0 Å². The van der Waals surface area contributed by atoms with E-state index in [2.05, 4.69) is 0 Å². The van der Waals surface area contributed by atoms with E-state index in [1.165, 1.54) is 6.92 Å². The van der Waals surface area contributed by atoms with Crippen molar-refractivity contribution in [1.29, 1.82) is 5.26 Å². The number of carboxylic acid groups (broad SMARTS) is 1. The van der Waals surface area contributed by atoms with E-state index in [1.807, 2.05) is 0 Å². The molecule has 5 nitrogen and oxygen atoms in total. The molecule has 0 saturated heterocycles. The molecule has 0 fully saturated rings. The van der Waals surface area contributed by atoms with Crippen LogP contribution in [0.4, 0.5) is 0 Å². The van der Waals surface area contributed by atoms with E-state index < -0.39 is 25.8 Å². The number of nitrogens with zero attached hydrogens (tertiary/aromatic N) is 1. The summed E-state index contributed by atoms with van der Waals surface area (Å²) in [5, 5.41) is 16.1. The largest absolute Gasteiger partial charge is 0.480 e. The average Bonchev–Trinajstić information content (AvgIpc) is 2.05. The van der Waals surface area contributed by atoms with Crippen molar-refractivity contribution in [2.75, 3.05) is 0 Å². The summed E-state index contributed by atoms with van der Waals surface area (Å²) in [5.74, 6) is -1.44. The van der Waals surface area contributed by atoms with Crippen molar-refractivity contribution >= 4 is 15.8 Å². The van der Waals surface area contributed by atoms with Crippen molar-refractivity contribution in [2.24, 2.45) is 0 Å². The zero-order valence-corrected chi connectivity index (χ0v) is 9.13. The third-order valence-electron chi connectivity index (χ3n) is 2.12. The summed E-state index contributed by atoms with van der Waals surface area (Å²) in [6.07, 6.45) is 0.0928. The van der Waals surface area contributed by atoms with Crippen LogP contribution in [0.1, 0.15) is 27.2 Å². The van der Waals surface area contributed by atoms with Crippen molar-refractivity contribution in [1.82, 2.24) is 0 Å². The number of hydrogen-bond donors (Lipinski definition) is 1. The lowest BCUT2D eigenvalue weighted by molar-refractivity contribution is -0.139. The Balaban J connectivity index is 5.39. The molecule has 0 aliphatic heterocycles. The van der Waals surface area contributed by atoms with E-state index in [-0.39, 0.29) is 6.42 Å². The van der Waals surface area contributed by atoms with Gasteiger partial charge in [0.05, 0.1) is 6.07 Å². The summed E-state index contributed by atoms with van der Waals surface area (Å²) >= 11 is 0. The molecular weight excluding hydrogens is 206 g/mol. The summed E-state index contributed by atoms with van der Waals surface area (Å²) in [6.45, 7) is 3.71. The van der Waals surface area contributed by atoms with E-state index in [0.717, 1.165) is 13.8 Å². The fourth-order valence-electron chi connectivity index (χ4n) is 0.857. The minimum Gasteiger partial charge on any atom is -0.480 e. The monoisotopic (exact) mass is 219 g/mol. The number of carboxylic acids is 1. The maximum absolute atomic E-state index is 11.7. The molecule has 0 aromatic heterocycles. The highest BCUT2D eigenvalue weighted by atomic mass is 32.2. The first-order valence-corrected chi connectivity index (χ1v) is 5.62. The van der Waals surface area contributed by atoms with Crippen LogP contribution in [0.3, 0.4) is 0 Å². The topological polar surface area (TPSA) is 95.2 Å². The summed E-state index contributed by atoms with van der Waals surface area (Å²) in [4.78, 5) is 10.7. The van der Waals surface area contributed by atoms with E-state index in [9.17, 15) is 13.2 Å². The smallest absolute Gasteiger partial charge is 0.324 e. The van der Waals surface area contributed by atoms with Crippen LogP contribution in [-0.4, -0.2) is 29.5 Å². The van der Waals surface area contributed by atoms with Crippen LogP contribution < -0.4 is 0 Å². The van der Waals surface area contributed by atoms with Gasteiger partial charge < -0.3 is 5.11 Å². The summed E-state index contributed by atoms with van der Waals surface area (Å²) < 4.78 is 21.4. The fraction of sp³-hybridized carbons (Fsp3) is 0.750. The maximum atomic E-state index is 11.7. The lowest BCUT2D eigenvalue weighted by Crippen LogP contribution is -2.45. The third-order valence-corrected chi connectivity index (χ3v) is 4.90. The fourth-order valence-corrected chi connectivity index (χ4v) is 2.39. The number of aliphatic carboxylic acids is 1. The molecule has 0 aliphatic carbocycles. The van der Waals surface area contributed by atoms with Gasteiger partial charge in [0.25, 0.3) is 0 Å². The molecule has 0 radical (unpaired) electrons. The van der Waals surface area contributed by atoms with Crippen LogP contribution in [0.2, 0.25) is 0 Å². The first-order chi connectivity index (χ1) is 6.21. The molecule has 80 valence electrons. The minimum absolute atomic E-state index is 0.0928. The molecule has 1 N–H and O–H groups in total. The second-order valence-corrected chi connectivity index (χ2v) is 6.07. The Bertz CT molecular complexity index is 363. The van der Waals surface area contributed by atoms with Gasteiger partial charge in [-0.15, -0.1) is 0 Å². The summed E-state index contributed by atoms with van der Waals surface area (Å²) in [5.41, 5.74) is 0. The molecule has 0 heterocycles. The SMILES string of the molecule is CCC(C#N)S(=O)(=O)C(C)(C)C(=O)O. The highest BCUT2D eigenvalue weighted by molar-refractivity contribution is 7.94.